The number of fused-ring (bicyclic) bond motifs is 1. The molecule has 3 aromatic rings. The molecule has 1 aliphatic rings. The summed E-state index contributed by atoms with van der Waals surface area (Å²) in [6.07, 6.45) is 3.37. The SMILES string of the molecule is O=C(NCCN1C(=O)S/C(=C\c2ccccc2)C1=O)c1cccc2ncccc12. The van der Waals surface area contributed by atoms with Crippen molar-refractivity contribution < 1.29 is 14.4 Å². The van der Waals surface area contributed by atoms with Crippen molar-refractivity contribution in [2.45, 2.75) is 0 Å². The molecule has 7 heteroatoms. The van der Waals surface area contributed by atoms with Crippen LogP contribution in [0.5, 0.6) is 0 Å². The molecular formula is C22H17N3O3S. The Morgan fingerprint density at radius 3 is 2.69 bits per heavy atom. The number of thioether (sulfide) groups is 1. The fourth-order valence-electron chi connectivity index (χ4n) is 3.07. The highest BCUT2D eigenvalue weighted by molar-refractivity contribution is 8.18. The quantitative estimate of drug-likeness (QED) is 0.657. The van der Waals surface area contributed by atoms with Crippen molar-refractivity contribution in [3.05, 3.63) is 82.9 Å². The minimum atomic E-state index is -0.340. The first-order valence-corrected chi connectivity index (χ1v) is 9.87. The molecule has 0 bridgehead atoms. The van der Waals surface area contributed by atoms with Crippen LogP contribution in [0.15, 0.2) is 71.8 Å². The van der Waals surface area contributed by atoms with Crippen LogP contribution in [0.3, 0.4) is 0 Å². The maximum Gasteiger partial charge on any atom is 0.293 e. The van der Waals surface area contributed by atoms with E-state index >= 15 is 0 Å². The Bertz CT molecular complexity index is 1120. The number of pyridine rings is 1. The zero-order valence-electron chi connectivity index (χ0n) is 15.4. The second-order valence-corrected chi connectivity index (χ2v) is 7.37. The molecule has 1 aromatic heterocycles. The fraction of sp³-hybridized carbons (Fsp3) is 0.0909. The van der Waals surface area contributed by atoms with Crippen molar-refractivity contribution in [2.75, 3.05) is 13.1 Å². The molecule has 1 N–H and O–H groups in total. The number of hydrogen-bond donors (Lipinski definition) is 1. The Kier molecular flexibility index (Phi) is 5.39. The van der Waals surface area contributed by atoms with Gasteiger partial charge in [-0.3, -0.25) is 24.3 Å². The summed E-state index contributed by atoms with van der Waals surface area (Å²) < 4.78 is 0. The maximum absolute atomic E-state index is 12.6. The third kappa shape index (κ3) is 4.05. The first-order chi connectivity index (χ1) is 14.1. The van der Waals surface area contributed by atoms with E-state index in [-0.39, 0.29) is 30.1 Å². The topological polar surface area (TPSA) is 79.4 Å². The standard InChI is InChI=1S/C22H17N3O3S/c26-20(17-8-4-10-18-16(17)9-5-11-23-18)24-12-13-25-21(27)19(29-22(25)28)14-15-6-2-1-3-7-15/h1-11,14H,12-13H2,(H,24,26)/b19-14-. The Morgan fingerprint density at radius 1 is 1.03 bits per heavy atom. The van der Waals surface area contributed by atoms with Gasteiger partial charge in [-0.2, -0.15) is 0 Å². The normalized spacial score (nSPS) is 15.3. The van der Waals surface area contributed by atoms with E-state index in [0.29, 0.717) is 10.5 Å². The van der Waals surface area contributed by atoms with Gasteiger partial charge in [-0.05, 0) is 41.6 Å². The highest BCUT2D eigenvalue weighted by atomic mass is 32.2. The van der Waals surface area contributed by atoms with Gasteiger partial charge in [0.25, 0.3) is 17.1 Å². The number of hydrogen-bond acceptors (Lipinski definition) is 5. The van der Waals surface area contributed by atoms with E-state index < -0.39 is 0 Å². The smallest absolute Gasteiger partial charge is 0.293 e. The monoisotopic (exact) mass is 403 g/mol. The third-order valence-electron chi connectivity index (χ3n) is 4.48. The van der Waals surface area contributed by atoms with Crippen molar-refractivity contribution in [1.82, 2.24) is 15.2 Å². The highest BCUT2D eigenvalue weighted by Crippen LogP contribution is 2.31. The largest absolute Gasteiger partial charge is 0.350 e. The van der Waals surface area contributed by atoms with E-state index in [9.17, 15) is 14.4 Å². The molecule has 144 valence electrons. The molecule has 4 rings (SSSR count). The second kappa shape index (κ2) is 8.28. The van der Waals surface area contributed by atoms with E-state index in [1.54, 1.807) is 30.5 Å². The van der Waals surface area contributed by atoms with E-state index in [2.05, 4.69) is 10.3 Å². The summed E-state index contributed by atoms with van der Waals surface area (Å²) in [4.78, 5) is 43.1. The molecule has 0 radical (unpaired) electrons. The lowest BCUT2D eigenvalue weighted by atomic mass is 10.1. The molecule has 0 aliphatic carbocycles. The summed E-state index contributed by atoms with van der Waals surface area (Å²) in [6.45, 7) is 0.289. The van der Waals surface area contributed by atoms with Crippen LogP contribution in [0.2, 0.25) is 0 Å². The summed E-state index contributed by atoms with van der Waals surface area (Å²) in [5, 5.41) is 3.20. The van der Waals surface area contributed by atoms with Gasteiger partial charge in [0.05, 0.1) is 10.4 Å². The zero-order chi connectivity index (χ0) is 20.2. The van der Waals surface area contributed by atoms with Gasteiger partial charge in [0.1, 0.15) is 0 Å². The van der Waals surface area contributed by atoms with E-state index in [1.165, 1.54) is 0 Å². The first-order valence-electron chi connectivity index (χ1n) is 9.06. The van der Waals surface area contributed by atoms with Crippen LogP contribution in [0.4, 0.5) is 4.79 Å². The van der Waals surface area contributed by atoms with E-state index in [0.717, 1.165) is 33.1 Å². The van der Waals surface area contributed by atoms with Crippen molar-refractivity contribution in [2.24, 2.45) is 0 Å². The van der Waals surface area contributed by atoms with Crippen molar-refractivity contribution in [1.29, 1.82) is 0 Å². The minimum Gasteiger partial charge on any atom is -0.350 e. The van der Waals surface area contributed by atoms with Crippen LogP contribution in [0, 0.1) is 0 Å². The molecular weight excluding hydrogens is 386 g/mol. The molecule has 0 atom stereocenters. The minimum absolute atomic E-state index is 0.117. The molecule has 2 heterocycles. The van der Waals surface area contributed by atoms with Crippen molar-refractivity contribution in [3.8, 4) is 0 Å². The predicted octanol–water partition coefficient (Wildman–Crippen LogP) is 3.70. The summed E-state index contributed by atoms with van der Waals surface area (Å²) in [6, 6.07) is 18.3. The number of benzene rings is 2. The number of carbonyl (C=O) groups is 3. The lowest BCUT2D eigenvalue weighted by Gasteiger charge is -2.13. The number of imide groups is 1. The van der Waals surface area contributed by atoms with Gasteiger partial charge in [0, 0.05) is 30.2 Å². The van der Waals surface area contributed by atoms with Gasteiger partial charge < -0.3 is 5.32 Å². The first kappa shape index (κ1) is 18.9. The second-order valence-electron chi connectivity index (χ2n) is 6.38. The molecule has 0 unspecified atom stereocenters. The van der Waals surface area contributed by atoms with Gasteiger partial charge in [0.2, 0.25) is 0 Å². The predicted molar refractivity (Wildman–Crippen MR) is 113 cm³/mol. The molecule has 0 spiro atoms. The average molecular weight is 403 g/mol. The van der Waals surface area contributed by atoms with Gasteiger partial charge in [0.15, 0.2) is 0 Å². The van der Waals surface area contributed by atoms with Gasteiger partial charge >= 0.3 is 0 Å². The Balaban J connectivity index is 1.40. The van der Waals surface area contributed by atoms with Crippen LogP contribution >= 0.6 is 11.8 Å². The van der Waals surface area contributed by atoms with Crippen molar-refractivity contribution in [3.63, 3.8) is 0 Å². The molecule has 1 fully saturated rings. The summed E-state index contributed by atoms with van der Waals surface area (Å²) in [5.74, 6) is -0.608. The number of aromatic nitrogens is 1. The number of rotatable bonds is 5. The van der Waals surface area contributed by atoms with E-state index in [1.807, 2.05) is 42.5 Å². The Hall–Kier alpha value is -3.45. The summed E-state index contributed by atoms with van der Waals surface area (Å²) >= 11 is 0.911. The molecule has 1 aliphatic heterocycles. The lowest BCUT2D eigenvalue weighted by Crippen LogP contribution is -2.37. The molecule has 0 saturated carbocycles. The summed E-state index contributed by atoms with van der Waals surface area (Å²) in [7, 11) is 0. The Morgan fingerprint density at radius 2 is 1.86 bits per heavy atom. The maximum atomic E-state index is 12.6. The van der Waals surface area contributed by atoms with Crippen LogP contribution in [-0.4, -0.2) is 40.0 Å². The highest BCUT2D eigenvalue weighted by Gasteiger charge is 2.34. The molecule has 6 nitrogen and oxygen atoms in total. The molecule has 3 amide bonds. The number of amides is 3. The van der Waals surface area contributed by atoms with Crippen LogP contribution in [0.1, 0.15) is 15.9 Å². The lowest BCUT2D eigenvalue weighted by molar-refractivity contribution is -0.122. The summed E-state index contributed by atoms with van der Waals surface area (Å²) in [5.41, 5.74) is 2.10. The zero-order valence-corrected chi connectivity index (χ0v) is 16.2. The number of carbonyl (C=O) groups excluding carboxylic acids is 3. The molecule has 29 heavy (non-hydrogen) atoms. The van der Waals surface area contributed by atoms with Gasteiger partial charge in [-0.25, -0.2) is 0 Å². The fourth-order valence-corrected chi connectivity index (χ4v) is 3.94. The van der Waals surface area contributed by atoms with Crippen LogP contribution < -0.4 is 5.32 Å². The Labute approximate surface area is 171 Å². The third-order valence-corrected chi connectivity index (χ3v) is 5.39. The van der Waals surface area contributed by atoms with Gasteiger partial charge in [-0.1, -0.05) is 42.5 Å². The van der Waals surface area contributed by atoms with Gasteiger partial charge in [-0.15, -0.1) is 0 Å². The van der Waals surface area contributed by atoms with E-state index in [4.69, 9.17) is 0 Å². The van der Waals surface area contributed by atoms with Crippen LogP contribution in [-0.2, 0) is 4.79 Å². The van der Waals surface area contributed by atoms with Crippen LogP contribution in [0.25, 0.3) is 17.0 Å². The molecule has 1 saturated heterocycles. The number of nitrogens with zero attached hydrogens (tertiary/aromatic N) is 2. The van der Waals surface area contributed by atoms with Crippen molar-refractivity contribution >= 4 is 45.8 Å². The molecule has 2 aromatic carbocycles. The average Bonchev–Trinajstić information content (AvgIpc) is 3.01. The number of nitrogens with one attached hydrogen (secondary N) is 1.